The predicted molar refractivity (Wildman–Crippen MR) is 67.4 cm³/mol. The summed E-state index contributed by atoms with van der Waals surface area (Å²) < 4.78 is 0.782. The van der Waals surface area contributed by atoms with Gasteiger partial charge in [-0.1, -0.05) is 23.5 Å². The number of carbonyl (C=O) groups is 2. The molecule has 0 aliphatic carbocycles. The summed E-state index contributed by atoms with van der Waals surface area (Å²) in [5, 5.41) is 0.392. The number of aromatic nitrogens is 1. The lowest BCUT2D eigenvalue weighted by Crippen LogP contribution is -2.29. The van der Waals surface area contributed by atoms with Crippen LogP contribution in [-0.4, -0.2) is 16.8 Å². The average Bonchev–Trinajstić information content (AvgIpc) is 2.84. The van der Waals surface area contributed by atoms with E-state index in [1.807, 2.05) is 0 Å². The molecule has 2 amide bonds. The number of fused-ring (bicyclic) bond motifs is 1. The molecule has 17 heavy (non-hydrogen) atoms. The molecular formula is C11H5BrN2O2S. The zero-order chi connectivity index (χ0) is 12.0. The van der Waals surface area contributed by atoms with E-state index in [0.717, 1.165) is 8.69 Å². The van der Waals surface area contributed by atoms with Crippen LogP contribution in [0.25, 0.3) is 0 Å². The average molecular weight is 309 g/mol. The third-order valence-corrected chi connectivity index (χ3v) is 3.91. The third-order valence-electron chi connectivity index (χ3n) is 2.45. The van der Waals surface area contributed by atoms with Crippen molar-refractivity contribution in [2.45, 2.75) is 0 Å². The number of imide groups is 1. The van der Waals surface area contributed by atoms with Gasteiger partial charge in [-0.25, -0.2) is 9.88 Å². The molecular weight excluding hydrogens is 304 g/mol. The van der Waals surface area contributed by atoms with Gasteiger partial charge in [0.1, 0.15) is 0 Å². The molecule has 0 unspecified atom stereocenters. The number of thiazole rings is 1. The van der Waals surface area contributed by atoms with E-state index < -0.39 is 0 Å². The molecule has 0 saturated carbocycles. The van der Waals surface area contributed by atoms with Crippen LogP contribution in [0.5, 0.6) is 0 Å². The normalized spacial score (nSPS) is 14.3. The molecule has 4 nitrogen and oxygen atoms in total. The highest BCUT2D eigenvalue weighted by molar-refractivity contribution is 9.11. The summed E-state index contributed by atoms with van der Waals surface area (Å²) in [5.41, 5.74) is 0.868. The number of rotatable bonds is 1. The van der Waals surface area contributed by atoms with Gasteiger partial charge in [0, 0.05) is 0 Å². The van der Waals surface area contributed by atoms with Crippen LogP contribution in [0.1, 0.15) is 20.7 Å². The molecule has 0 fully saturated rings. The molecule has 84 valence electrons. The minimum atomic E-state index is -0.313. The fourth-order valence-electron chi connectivity index (χ4n) is 1.71. The van der Waals surface area contributed by atoms with Crippen molar-refractivity contribution in [3.05, 3.63) is 45.4 Å². The van der Waals surface area contributed by atoms with Crippen LogP contribution in [0.4, 0.5) is 5.13 Å². The highest BCUT2D eigenvalue weighted by atomic mass is 79.9. The van der Waals surface area contributed by atoms with Gasteiger partial charge in [-0.2, -0.15) is 0 Å². The molecule has 0 saturated heterocycles. The van der Waals surface area contributed by atoms with Crippen molar-refractivity contribution >= 4 is 44.2 Å². The Bertz CT molecular complexity index is 603. The molecule has 1 aromatic heterocycles. The Morgan fingerprint density at radius 2 is 1.71 bits per heavy atom. The molecule has 0 spiro atoms. The van der Waals surface area contributed by atoms with Crippen LogP contribution in [0, 0.1) is 0 Å². The van der Waals surface area contributed by atoms with E-state index in [0.29, 0.717) is 16.3 Å². The minimum absolute atomic E-state index is 0.313. The Labute approximate surface area is 109 Å². The van der Waals surface area contributed by atoms with Crippen LogP contribution < -0.4 is 4.90 Å². The monoisotopic (exact) mass is 308 g/mol. The van der Waals surface area contributed by atoms with Crippen LogP contribution in [0.3, 0.4) is 0 Å². The Morgan fingerprint density at radius 3 is 2.18 bits per heavy atom. The number of anilines is 1. The summed E-state index contributed by atoms with van der Waals surface area (Å²) in [5.74, 6) is -0.625. The van der Waals surface area contributed by atoms with Crippen molar-refractivity contribution in [3.8, 4) is 0 Å². The molecule has 0 radical (unpaired) electrons. The maximum atomic E-state index is 12.1. The molecule has 0 bridgehead atoms. The predicted octanol–water partition coefficient (Wildman–Crippen LogP) is 2.71. The van der Waals surface area contributed by atoms with Gasteiger partial charge in [0.2, 0.25) is 5.13 Å². The highest BCUT2D eigenvalue weighted by Gasteiger charge is 2.37. The summed E-state index contributed by atoms with van der Waals surface area (Å²) in [4.78, 5) is 29.3. The van der Waals surface area contributed by atoms with Crippen LogP contribution in [0.15, 0.2) is 34.2 Å². The first kappa shape index (κ1) is 10.6. The van der Waals surface area contributed by atoms with E-state index >= 15 is 0 Å². The molecule has 6 heteroatoms. The zero-order valence-corrected chi connectivity index (χ0v) is 10.8. The van der Waals surface area contributed by atoms with Crippen molar-refractivity contribution in [1.29, 1.82) is 0 Å². The van der Waals surface area contributed by atoms with Gasteiger partial charge in [-0.3, -0.25) is 9.59 Å². The Kier molecular flexibility index (Phi) is 2.34. The van der Waals surface area contributed by atoms with Crippen LogP contribution >= 0.6 is 27.3 Å². The van der Waals surface area contributed by atoms with Gasteiger partial charge < -0.3 is 0 Å². The molecule has 2 aromatic rings. The number of halogens is 1. The molecule has 1 aliphatic heterocycles. The SMILES string of the molecule is O=C1c2ccccc2C(=O)N1c1ncc(Br)s1. The molecule has 2 heterocycles. The van der Waals surface area contributed by atoms with Crippen LogP contribution in [-0.2, 0) is 0 Å². The quantitative estimate of drug-likeness (QED) is 0.761. The summed E-state index contributed by atoms with van der Waals surface area (Å²) in [6.07, 6.45) is 1.57. The van der Waals surface area contributed by atoms with Gasteiger partial charge in [0.15, 0.2) is 0 Å². The number of benzene rings is 1. The van der Waals surface area contributed by atoms with Gasteiger partial charge in [0.05, 0.1) is 21.1 Å². The zero-order valence-electron chi connectivity index (χ0n) is 8.38. The first-order valence-corrected chi connectivity index (χ1v) is 6.38. The van der Waals surface area contributed by atoms with E-state index in [2.05, 4.69) is 20.9 Å². The number of hydrogen-bond donors (Lipinski definition) is 0. The number of amides is 2. The van der Waals surface area contributed by atoms with E-state index in [4.69, 9.17) is 0 Å². The smallest absolute Gasteiger partial charge is 0.268 e. The fraction of sp³-hybridized carbons (Fsp3) is 0. The van der Waals surface area contributed by atoms with Crippen molar-refractivity contribution in [1.82, 2.24) is 4.98 Å². The first-order valence-electron chi connectivity index (χ1n) is 4.77. The van der Waals surface area contributed by atoms with E-state index in [1.165, 1.54) is 11.3 Å². The number of carbonyl (C=O) groups excluding carboxylic acids is 2. The number of nitrogens with zero attached hydrogens (tertiary/aromatic N) is 2. The fourth-order valence-corrected chi connectivity index (χ4v) is 2.89. The minimum Gasteiger partial charge on any atom is -0.268 e. The lowest BCUT2D eigenvalue weighted by atomic mass is 10.1. The van der Waals surface area contributed by atoms with Gasteiger partial charge in [-0.05, 0) is 28.1 Å². The van der Waals surface area contributed by atoms with E-state index in [9.17, 15) is 9.59 Å². The Morgan fingerprint density at radius 1 is 1.12 bits per heavy atom. The Balaban J connectivity index is 2.12. The Hall–Kier alpha value is -1.53. The van der Waals surface area contributed by atoms with Crippen molar-refractivity contribution in [2.75, 3.05) is 4.90 Å². The topological polar surface area (TPSA) is 50.3 Å². The second-order valence-corrected chi connectivity index (χ2v) is 5.83. The molecule has 3 rings (SSSR count). The van der Waals surface area contributed by atoms with Crippen molar-refractivity contribution in [3.63, 3.8) is 0 Å². The summed E-state index contributed by atoms with van der Waals surface area (Å²) in [6.45, 7) is 0. The largest absolute Gasteiger partial charge is 0.268 e. The molecule has 1 aliphatic rings. The van der Waals surface area contributed by atoms with Crippen molar-refractivity contribution < 1.29 is 9.59 Å². The van der Waals surface area contributed by atoms with Gasteiger partial charge in [-0.15, -0.1) is 0 Å². The summed E-state index contributed by atoms with van der Waals surface area (Å²) in [7, 11) is 0. The van der Waals surface area contributed by atoms with Crippen LogP contribution in [0.2, 0.25) is 0 Å². The second-order valence-electron chi connectivity index (χ2n) is 3.44. The lowest BCUT2D eigenvalue weighted by Gasteiger charge is -2.08. The molecule has 0 atom stereocenters. The molecule has 0 N–H and O–H groups in total. The van der Waals surface area contributed by atoms with Crippen molar-refractivity contribution in [2.24, 2.45) is 0 Å². The maximum Gasteiger partial charge on any atom is 0.268 e. The summed E-state index contributed by atoms with van der Waals surface area (Å²) in [6, 6.07) is 6.78. The third kappa shape index (κ3) is 1.52. The van der Waals surface area contributed by atoms with E-state index in [1.54, 1.807) is 30.5 Å². The number of hydrogen-bond acceptors (Lipinski definition) is 4. The lowest BCUT2D eigenvalue weighted by molar-refractivity contribution is 0.0926. The standard InChI is InChI=1S/C11H5BrN2O2S/c12-8-5-13-11(17-8)14-9(15)6-3-1-2-4-7(6)10(14)16/h1-5H. The highest BCUT2D eigenvalue weighted by Crippen LogP contribution is 2.32. The van der Waals surface area contributed by atoms with Gasteiger partial charge in [0.25, 0.3) is 11.8 Å². The molecule has 1 aromatic carbocycles. The summed E-state index contributed by atoms with van der Waals surface area (Å²) >= 11 is 4.51. The second kappa shape index (κ2) is 3.75. The maximum absolute atomic E-state index is 12.1. The first-order chi connectivity index (χ1) is 8.18. The van der Waals surface area contributed by atoms with Gasteiger partial charge >= 0.3 is 0 Å². The van der Waals surface area contributed by atoms with E-state index in [-0.39, 0.29) is 11.8 Å².